The van der Waals surface area contributed by atoms with Gasteiger partial charge in [-0.25, -0.2) is 4.79 Å². The predicted octanol–water partition coefficient (Wildman–Crippen LogP) is 7.70. The van der Waals surface area contributed by atoms with Crippen LogP contribution in [0.1, 0.15) is 10.4 Å². The number of hydrogen-bond donors (Lipinski definition) is 0. The second-order valence-electron chi connectivity index (χ2n) is 8.12. The molecule has 0 aliphatic heterocycles. The predicted molar refractivity (Wildman–Crippen MR) is 132 cm³/mol. The number of ether oxygens (including phenoxy) is 1. The molecule has 2 heteroatoms. The van der Waals surface area contributed by atoms with E-state index in [0.29, 0.717) is 5.56 Å². The minimum absolute atomic E-state index is 0.322. The summed E-state index contributed by atoms with van der Waals surface area (Å²) in [5, 5.41) is 7.75. The Bertz CT molecular complexity index is 1590. The van der Waals surface area contributed by atoms with Crippen molar-refractivity contribution in [2.75, 3.05) is 7.11 Å². The second kappa shape index (κ2) is 7.21. The van der Waals surface area contributed by atoms with Crippen molar-refractivity contribution in [3.05, 3.63) is 109 Å². The van der Waals surface area contributed by atoms with Gasteiger partial charge in [-0.1, -0.05) is 91.0 Å². The maximum absolute atomic E-state index is 11.9. The standard InChI is InChI=1S/C30H20O2/c1-32-30(31)25-7-3-6-24(18-25)19-8-10-20(11-9-19)26-16-14-23-13-12-21-4-2-5-22-15-17-27(26)29(23)28(21)22/h2-18H,1H3. The molecular weight excluding hydrogens is 392 g/mol. The lowest BCUT2D eigenvalue weighted by Gasteiger charge is -2.14. The molecule has 2 nitrogen and oxygen atoms in total. The Hall–Kier alpha value is -4.17. The molecule has 0 spiro atoms. The monoisotopic (exact) mass is 412 g/mol. The molecule has 152 valence electrons. The molecule has 0 N–H and O–H groups in total. The summed E-state index contributed by atoms with van der Waals surface area (Å²) in [6.45, 7) is 0. The summed E-state index contributed by atoms with van der Waals surface area (Å²) in [5.41, 5.74) is 5.02. The molecule has 0 aliphatic carbocycles. The number of hydrogen-bond acceptors (Lipinski definition) is 2. The van der Waals surface area contributed by atoms with Gasteiger partial charge in [-0.2, -0.15) is 0 Å². The van der Waals surface area contributed by atoms with Crippen molar-refractivity contribution in [2.45, 2.75) is 0 Å². The zero-order chi connectivity index (χ0) is 21.7. The van der Waals surface area contributed by atoms with Gasteiger partial charge in [0.05, 0.1) is 12.7 Å². The summed E-state index contributed by atoms with van der Waals surface area (Å²) >= 11 is 0. The van der Waals surface area contributed by atoms with Gasteiger partial charge in [0.15, 0.2) is 0 Å². The van der Waals surface area contributed by atoms with Gasteiger partial charge in [-0.15, -0.1) is 0 Å². The van der Waals surface area contributed by atoms with Crippen LogP contribution in [0.25, 0.3) is 54.6 Å². The zero-order valence-corrected chi connectivity index (χ0v) is 17.6. The van der Waals surface area contributed by atoms with Gasteiger partial charge in [-0.05, 0) is 66.7 Å². The first-order valence-corrected chi connectivity index (χ1v) is 10.7. The lowest BCUT2D eigenvalue weighted by Crippen LogP contribution is -2.00. The van der Waals surface area contributed by atoms with Crippen molar-refractivity contribution in [3.8, 4) is 22.3 Å². The summed E-state index contributed by atoms with van der Waals surface area (Å²) in [6.07, 6.45) is 0. The fourth-order valence-corrected chi connectivity index (χ4v) is 4.77. The topological polar surface area (TPSA) is 26.3 Å². The Morgan fingerprint density at radius 1 is 0.594 bits per heavy atom. The molecule has 0 aromatic heterocycles. The van der Waals surface area contributed by atoms with E-state index in [2.05, 4.69) is 78.9 Å². The van der Waals surface area contributed by atoms with E-state index >= 15 is 0 Å². The van der Waals surface area contributed by atoms with Crippen LogP contribution in [0.4, 0.5) is 0 Å². The molecule has 6 aromatic carbocycles. The van der Waals surface area contributed by atoms with Crippen LogP contribution in [0.15, 0.2) is 103 Å². The molecule has 0 saturated heterocycles. The van der Waals surface area contributed by atoms with Crippen molar-refractivity contribution in [1.82, 2.24) is 0 Å². The molecule has 0 bridgehead atoms. The molecule has 0 atom stereocenters. The molecule has 0 radical (unpaired) electrons. The van der Waals surface area contributed by atoms with E-state index in [0.717, 1.165) is 11.1 Å². The van der Waals surface area contributed by atoms with Gasteiger partial charge in [0.25, 0.3) is 0 Å². The van der Waals surface area contributed by atoms with Crippen molar-refractivity contribution < 1.29 is 9.53 Å². The van der Waals surface area contributed by atoms with Gasteiger partial charge in [0.2, 0.25) is 0 Å². The molecule has 0 saturated carbocycles. The van der Waals surface area contributed by atoms with Crippen molar-refractivity contribution >= 4 is 38.3 Å². The molecule has 0 heterocycles. The fraction of sp³-hybridized carbons (Fsp3) is 0.0333. The summed E-state index contributed by atoms with van der Waals surface area (Å²) in [5.74, 6) is -0.322. The average Bonchev–Trinajstić information content (AvgIpc) is 2.87. The quantitative estimate of drug-likeness (QED) is 0.220. The van der Waals surface area contributed by atoms with Crippen LogP contribution in [-0.4, -0.2) is 13.1 Å². The van der Waals surface area contributed by atoms with E-state index < -0.39 is 0 Å². The van der Waals surface area contributed by atoms with E-state index in [4.69, 9.17) is 4.74 Å². The minimum Gasteiger partial charge on any atom is -0.465 e. The Balaban J connectivity index is 1.48. The fourth-order valence-electron chi connectivity index (χ4n) is 4.77. The maximum Gasteiger partial charge on any atom is 0.337 e. The van der Waals surface area contributed by atoms with E-state index in [1.807, 2.05) is 18.2 Å². The normalized spacial score (nSPS) is 11.4. The maximum atomic E-state index is 11.9. The minimum atomic E-state index is -0.322. The van der Waals surface area contributed by atoms with Gasteiger partial charge < -0.3 is 4.74 Å². The third-order valence-electron chi connectivity index (χ3n) is 6.34. The van der Waals surface area contributed by atoms with E-state index in [1.165, 1.54) is 50.6 Å². The molecule has 32 heavy (non-hydrogen) atoms. The van der Waals surface area contributed by atoms with E-state index in [-0.39, 0.29) is 5.97 Å². The number of methoxy groups -OCH3 is 1. The van der Waals surface area contributed by atoms with E-state index in [9.17, 15) is 4.79 Å². The number of carbonyl (C=O) groups is 1. The molecule has 6 rings (SSSR count). The van der Waals surface area contributed by atoms with E-state index in [1.54, 1.807) is 6.07 Å². The third-order valence-corrected chi connectivity index (χ3v) is 6.34. The molecular formula is C30H20O2. The number of rotatable bonds is 3. The molecule has 0 fully saturated rings. The van der Waals surface area contributed by atoms with Crippen LogP contribution < -0.4 is 0 Å². The first-order valence-electron chi connectivity index (χ1n) is 10.7. The van der Waals surface area contributed by atoms with Crippen molar-refractivity contribution in [3.63, 3.8) is 0 Å². The average molecular weight is 412 g/mol. The van der Waals surface area contributed by atoms with Gasteiger partial charge in [0, 0.05) is 0 Å². The van der Waals surface area contributed by atoms with Crippen LogP contribution in [0.2, 0.25) is 0 Å². The summed E-state index contributed by atoms with van der Waals surface area (Å²) < 4.78 is 4.85. The molecule has 0 aliphatic rings. The first-order chi connectivity index (χ1) is 15.7. The Morgan fingerprint density at radius 3 is 1.97 bits per heavy atom. The second-order valence-corrected chi connectivity index (χ2v) is 8.12. The smallest absolute Gasteiger partial charge is 0.337 e. The SMILES string of the molecule is COC(=O)c1cccc(-c2ccc(-c3ccc4ccc5cccc6ccc3c4c56)cc2)c1. The summed E-state index contributed by atoms with van der Waals surface area (Å²) in [4.78, 5) is 11.9. The highest BCUT2D eigenvalue weighted by atomic mass is 16.5. The van der Waals surface area contributed by atoms with Gasteiger partial charge in [0.1, 0.15) is 0 Å². The largest absolute Gasteiger partial charge is 0.465 e. The lowest BCUT2D eigenvalue weighted by molar-refractivity contribution is 0.0601. The highest BCUT2D eigenvalue weighted by Crippen LogP contribution is 2.39. The Morgan fingerprint density at radius 2 is 1.22 bits per heavy atom. The highest BCUT2D eigenvalue weighted by molar-refractivity contribution is 6.25. The van der Waals surface area contributed by atoms with Crippen LogP contribution in [0, 0.1) is 0 Å². The zero-order valence-electron chi connectivity index (χ0n) is 17.6. The molecule has 6 aromatic rings. The van der Waals surface area contributed by atoms with Crippen LogP contribution in [0.5, 0.6) is 0 Å². The van der Waals surface area contributed by atoms with Crippen LogP contribution in [-0.2, 0) is 4.74 Å². The number of benzene rings is 6. The lowest BCUT2D eigenvalue weighted by atomic mass is 9.89. The van der Waals surface area contributed by atoms with Crippen molar-refractivity contribution in [2.24, 2.45) is 0 Å². The van der Waals surface area contributed by atoms with Crippen LogP contribution in [0.3, 0.4) is 0 Å². The summed E-state index contributed by atoms with van der Waals surface area (Å²) in [6, 6.07) is 35.9. The van der Waals surface area contributed by atoms with Gasteiger partial charge in [-0.3, -0.25) is 0 Å². The van der Waals surface area contributed by atoms with Crippen molar-refractivity contribution in [1.29, 1.82) is 0 Å². The van der Waals surface area contributed by atoms with Crippen LogP contribution >= 0.6 is 0 Å². The number of carbonyl (C=O) groups excluding carboxylic acids is 1. The van der Waals surface area contributed by atoms with Gasteiger partial charge >= 0.3 is 5.97 Å². The highest BCUT2D eigenvalue weighted by Gasteiger charge is 2.12. The number of esters is 1. The summed E-state index contributed by atoms with van der Waals surface area (Å²) in [7, 11) is 1.40. The molecule has 0 amide bonds. The molecule has 0 unspecified atom stereocenters. The Kier molecular flexibility index (Phi) is 4.19. The third kappa shape index (κ3) is 2.84. The first kappa shape index (κ1) is 18.6. The Labute approximate surface area is 186 Å².